The first-order valence-corrected chi connectivity index (χ1v) is 5.49. The summed E-state index contributed by atoms with van der Waals surface area (Å²) in [6.45, 7) is 2.60. The van der Waals surface area contributed by atoms with Crippen LogP contribution < -0.4 is 10.6 Å². The number of carbonyl (C=O) groups is 2. The highest BCUT2D eigenvalue weighted by molar-refractivity contribution is 5.85. The second-order valence-electron chi connectivity index (χ2n) is 3.99. The summed E-state index contributed by atoms with van der Waals surface area (Å²) in [5, 5.41) is 14.5. The molecule has 0 atom stereocenters. The summed E-state index contributed by atoms with van der Waals surface area (Å²) in [6, 6.07) is 0.404. The normalized spacial score (nSPS) is 15.9. The van der Waals surface area contributed by atoms with Gasteiger partial charge < -0.3 is 15.7 Å². The fraction of sp³-hybridized carbons (Fsp3) is 0.636. The van der Waals surface area contributed by atoms with Crippen molar-refractivity contribution in [2.24, 2.45) is 0 Å². The number of amides is 1. The lowest BCUT2D eigenvalue weighted by atomic mass is 10.3. The standard InChI is InChI=1S/C11H18N2O3/c1-8(11(15)16)4-6-12-7-5-10(14)13-9-2-3-9/h4,9,12H,2-3,5-7H2,1H3,(H,13,14)(H,15,16). The van der Waals surface area contributed by atoms with Gasteiger partial charge in [0.15, 0.2) is 0 Å². The van der Waals surface area contributed by atoms with E-state index in [-0.39, 0.29) is 5.91 Å². The second-order valence-corrected chi connectivity index (χ2v) is 3.99. The first-order valence-electron chi connectivity index (χ1n) is 5.49. The molecule has 1 aliphatic carbocycles. The zero-order chi connectivity index (χ0) is 12.0. The topological polar surface area (TPSA) is 78.4 Å². The zero-order valence-corrected chi connectivity index (χ0v) is 9.45. The van der Waals surface area contributed by atoms with E-state index >= 15 is 0 Å². The van der Waals surface area contributed by atoms with Gasteiger partial charge in [0.05, 0.1) is 0 Å². The zero-order valence-electron chi connectivity index (χ0n) is 9.45. The molecule has 1 rings (SSSR count). The average molecular weight is 226 g/mol. The van der Waals surface area contributed by atoms with Crippen LogP contribution in [0.3, 0.4) is 0 Å². The van der Waals surface area contributed by atoms with Crippen molar-refractivity contribution in [1.29, 1.82) is 0 Å². The summed E-state index contributed by atoms with van der Waals surface area (Å²) in [5.41, 5.74) is 0.315. The maximum absolute atomic E-state index is 11.2. The molecule has 1 fully saturated rings. The van der Waals surface area contributed by atoms with Crippen LogP contribution in [0.25, 0.3) is 0 Å². The molecule has 0 aromatic rings. The number of aliphatic carboxylic acids is 1. The predicted molar refractivity (Wildman–Crippen MR) is 60.0 cm³/mol. The molecule has 0 saturated heterocycles. The van der Waals surface area contributed by atoms with Gasteiger partial charge in [-0.1, -0.05) is 6.08 Å². The molecule has 0 unspecified atom stereocenters. The van der Waals surface area contributed by atoms with E-state index in [1.807, 2.05) is 0 Å². The van der Waals surface area contributed by atoms with Crippen LogP contribution in [0.4, 0.5) is 0 Å². The molecule has 5 nitrogen and oxygen atoms in total. The average Bonchev–Trinajstić information content (AvgIpc) is 3.00. The Balaban J connectivity index is 2.00. The van der Waals surface area contributed by atoms with Gasteiger partial charge in [0.2, 0.25) is 5.91 Å². The van der Waals surface area contributed by atoms with Crippen LogP contribution in [0, 0.1) is 0 Å². The molecular weight excluding hydrogens is 208 g/mol. The lowest BCUT2D eigenvalue weighted by Crippen LogP contribution is -2.29. The van der Waals surface area contributed by atoms with Crippen molar-refractivity contribution in [3.05, 3.63) is 11.6 Å². The van der Waals surface area contributed by atoms with Crippen LogP contribution in [-0.4, -0.2) is 36.1 Å². The molecule has 90 valence electrons. The third-order valence-corrected chi connectivity index (χ3v) is 2.36. The van der Waals surface area contributed by atoms with Crippen molar-refractivity contribution in [3.63, 3.8) is 0 Å². The van der Waals surface area contributed by atoms with Gasteiger partial charge in [-0.2, -0.15) is 0 Å². The van der Waals surface area contributed by atoms with Gasteiger partial charge >= 0.3 is 5.97 Å². The number of carboxylic acid groups (broad SMARTS) is 1. The van der Waals surface area contributed by atoms with Crippen molar-refractivity contribution in [2.75, 3.05) is 13.1 Å². The van der Waals surface area contributed by atoms with E-state index in [0.717, 1.165) is 12.8 Å². The van der Waals surface area contributed by atoms with Gasteiger partial charge in [-0.05, 0) is 19.8 Å². The number of hydrogen-bond donors (Lipinski definition) is 3. The Kier molecular flexibility index (Phi) is 4.98. The van der Waals surface area contributed by atoms with Crippen molar-refractivity contribution in [2.45, 2.75) is 32.2 Å². The minimum atomic E-state index is -0.909. The molecule has 0 heterocycles. The summed E-state index contributed by atoms with van der Waals surface area (Å²) in [7, 11) is 0. The Morgan fingerprint density at radius 1 is 1.44 bits per heavy atom. The molecule has 1 saturated carbocycles. The molecule has 1 amide bonds. The maximum atomic E-state index is 11.2. The van der Waals surface area contributed by atoms with Crippen molar-refractivity contribution in [3.8, 4) is 0 Å². The van der Waals surface area contributed by atoms with Gasteiger partial charge in [0, 0.05) is 31.1 Å². The van der Waals surface area contributed by atoms with Crippen LogP contribution in [-0.2, 0) is 9.59 Å². The molecule has 0 aromatic heterocycles. The minimum absolute atomic E-state index is 0.0638. The van der Waals surface area contributed by atoms with Crippen LogP contribution >= 0.6 is 0 Å². The Bertz CT molecular complexity index is 296. The van der Waals surface area contributed by atoms with E-state index in [1.165, 1.54) is 0 Å². The molecular formula is C11H18N2O3. The summed E-state index contributed by atoms with van der Waals surface area (Å²) in [5.74, 6) is -0.845. The van der Waals surface area contributed by atoms with Gasteiger partial charge in [-0.25, -0.2) is 4.79 Å². The molecule has 0 radical (unpaired) electrons. The summed E-state index contributed by atoms with van der Waals surface area (Å²) < 4.78 is 0. The van der Waals surface area contributed by atoms with Crippen LogP contribution in [0.2, 0.25) is 0 Å². The van der Waals surface area contributed by atoms with E-state index < -0.39 is 5.97 Å². The molecule has 16 heavy (non-hydrogen) atoms. The van der Waals surface area contributed by atoms with E-state index in [2.05, 4.69) is 10.6 Å². The van der Waals surface area contributed by atoms with Crippen LogP contribution in [0.5, 0.6) is 0 Å². The minimum Gasteiger partial charge on any atom is -0.478 e. The summed E-state index contributed by atoms with van der Waals surface area (Å²) in [6.07, 6.45) is 4.23. The number of nitrogens with one attached hydrogen (secondary N) is 2. The molecule has 1 aliphatic rings. The Hall–Kier alpha value is -1.36. The maximum Gasteiger partial charge on any atom is 0.330 e. The molecule has 0 aliphatic heterocycles. The Morgan fingerprint density at radius 2 is 2.12 bits per heavy atom. The highest BCUT2D eigenvalue weighted by Crippen LogP contribution is 2.18. The van der Waals surface area contributed by atoms with Crippen molar-refractivity contribution < 1.29 is 14.7 Å². The number of carbonyl (C=O) groups excluding carboxylic acids is 1. The lowest BCUT2D eigenvalue weighted by Gasteiger charge is -2.03. The molecule has 0 bridgehead atoms. The van der Waals surface area contributed by atoms with Crippen LogP contribution in [0.1, 0.15) is 26.2 Å². The summed E-state index contributed by atoms with van der Waals surface area (Å²) >= 11 is 0. The SMILES string of the molecule is CC(=CCNCCC(=O)NC1CC1)C(=O)O. The number of rotatable bonds is 7. The van der Waals surface area contributed by atoms with E-state index in [9.17, 15) is 9.59 Å². The monoisotopic (exact) mass is 226 g/mol. The third kappa shape index (κ3) is 5.50. The summed E-state index contributed by atoms with van der Waals surface area (Å²) in [4.78, 5) is 21.7. The largest absolute Gasteiger partial charge is 0.478 e. The van der Waals surface area contributed by atoms with Gasteiger partial charge in [0.1, 0.15) is 0 Å². The number of hydrogen-bond acceptors (Lipinski definition) is 3. The van der Waals surface area contributed by atoms with E-state index in [4.69, 9.17) is 5.11 Å². The molecule has 0 aromatic carbocycles. The van der Waals surface area contributed by atoms with E-state index in [1.54, 1.807) is 13.0 Å². The van der Waals surface area contributed by atoms with Gasteiger partial charge in [-0.15, -0.1) is 0 Å². The quantitative estimate of drug-likeness (QED) is 0.430. The van der Waals surface area contributed by atoms with E-state index in [0.29, 0.717) is 31.1 Å². The Labute approximate surface area is 94.9 Å². The fourth-order valence-electron chi connectivity index (χ4n) is 1.14. The molecule has 0 spiro atoms. The lowest BCUT2D eigenvalue weighted by molar-refractivity contribution is -0.132. The Morgan fingerprint density at radius 3 is 2.69 bits per heavy atom. The highest BCUT2D eigenvalue weighted by atomic mass is 16.4. The van der Waals surface area contributed by atoms with Crippen LogP contribution in [0.15, 0.2) is 11.6 Å². The predicted octanol–water partition coefficient (Wildman–Crippen LogP) is 0.276. The third-order valence-electron chi connectivity index (χ3n) is 2.36. The van der Waals surface area contributed by atoms with Crippen molar-refractivity contribution >= 4 is 11.9 Å². The second kappa shape index (κ2) is 6.27. The van der Waals surface area contributed by atoms with Crippen molar-refractivity contribution in [1.82, 2.24) is 10.6 Å². The number of carboxylic acids is 1. The highest BCUT2D eigenvalue weighted by Gasteiger charge is 2.22. The smallest absolute Gasteiger partial charge is 0.330 e. The first-order chi connectivity index (χ1) is 7.59. The first kappa shape index (κ1) is 12.7. The van der Waals surface area contributed by atoms with Gasteiger partial charge in [0.25, 0.3) is 0 Å². The molecule has 5 heteroatoms. The van der Waals surface area contributed by atoms with Gasteiger partial charge in [-0.3, -0.25) is 4.79 Å². The fourth-order valence-corrected chi connectivity index (χ4v) is 1.14. The molecule has 3 N–H and O–H groups in total.